The van der Waals surface area contributed by atoms with Crippen molar-refractivity contribution in [2.75, 3.05) is 0 Å². The van der Waals surface area contributed by atoms with Crippen molar-refractivity contribution in [3.05, 3.63) is 54.6 Å². The Morgan fingerprint density at radius 3 is 2.56 bits per heavy atom. The van der Waals surface area contributed by atoms with Gasteiger partial charge in [0.15, 0.2) is 0 Å². The van der Waals surface area contributed by atoms with Crippen molar-refractivity contribution in [2.24, 2.45) is 5.73 Å². The maximum absolute atomic E-state index is 6.26. The van der Waals surface area contributed by atoms with Crippen molar-refractivity contribution in [2.45, 2.75) is 13.0 Å². The third-order valence-corrected chi connectivity index (χ3v) is 5.25. The van der Waals surface area contributed by atoms with Crippen LogP contribution in [0.4, 0.5) is 0 Å². The van der Waals surface area contributed by atoms with Crippen LogP contribution < -0.4 is 5.73 Å². The molecule has 2 rings (SSSR count). The predicted molar refractivity (Wildman–Crippen MR) is 76.9 cm³/mol. The fourth-order valence-electron chi connectivity index (χ4n) is 1.56. The second-order valence-corrected chi connectivity index (χ2v) is 6.89. The van der Waals surface area contributed by atoms with Gasteiger partial charge in [-0.3, -0.25) is 0 Å². The normalized spacial score (nSPS) is 12.8. The molecule has 1 nitrogen and oxygen atoms in total. The molecule has 0 saturated heterocycles. The Bertz CT molecular complexity index is 507. The Morgan fingerprint density at radius 1 is 1.19 bits per heavy atom. The van der Waals surface area contributed by atoms with Crippen LogP contribution in [0.3, 0.4) is 0 Å². The quantitative estimate of drug-likeness (QED) is 0.830. The van der Waals surface area contributed by atoms with E-state index in [9.17, 15) is 0 Å². The zero-order chi connectivity index (χ0) is 11.7. The molecular weight excluding hydrogens is 350 g/mol. The van der Waals surface area contributed by atoms with Crippen LogP contribution in [-0.4, -0.2) is 0 Å². The lowest BCUT2D eigenvalue weighted by molar-refractivity contribution is 0.885. The lowest BCUT2D eigenvalue weighted by atomic mass is 10.0. The Balaban J connectivity index is 2.41. The third kappa shape index (κ3) is 2.40. The fourth-order valence-corrected chi connectivity index (χ4v) is 3.51. The summed E-state index contributed by atoms with van der Waals surface area (Å²) < 4.78 is 2.22. The van der Waals surface area contributed by atoms with Gasteiger partial charge in [0.25, 0.3) is 0 Å². The minimum Gasteiger partial charge on any atom is -0.320 e. The summed E-state index contributed by atoms with van der Waals surface area (Å²) in [6.45, 7) is 2.07. The van der Waals surface area contributed by atoms with Gasteiger partial charge in [0.05, 0.1) is 9.83 Å². The Kier molecular flexibility index (Phi) is 3.85. The first-order chi connectivity index (χ1) is 7.59. The first-order valence-corrected chi connectivity index (χ1v) is 7.25. The minimum atomic E-state index is -0.0643. The van der Waals surface area contributed by atoms with Gasteiger partial charge in [-0.25, -0.2) is 0 Å². The van der Waals surface area contributed by atoms with Gasteiger partial charge >= 0.3 is 0 Å². The van der Waals surface area contributed by atoms with Crippen LogP contribution in [0.15, 0.2) is 38.6 Å². The average Bonchev–Trinajstić information content (AvgIpc) is 2.68. The van der Waals surface area contributed by atoms with Gasteiger partial charge in [-0.15, -0.1) is 11.3 Å². The number of halogens is 2. The molecule has 2 N–H and O–H groups in total. The zero-order valence-electron chi connectivity index (χ0n) is 8.71. The van der Waals surface area contributed by atoms with Crippen molar-refractivity contribution in [1.29, 1.82) is 0 Å². The largest absolute Gasteiger partial charge is 0.320 e. The summed E-state index contributed by atoms with van der Waals surface area (Å²) in [7, 11) is 0. The van der Waals surface area contributed by atoms with Crippen molar-refractivity contribution in [3.63, 3.8) is 0 Å². The molecule has 1 aromatic carbocycles. The molecule has 0 bridgehead atoms. The van der Waals surface area contributed by atoms with E-state index in [-0.39, 0.29) is 6.04 Å². The lowest BCUT2D eigenvalue weighted by Gasteiger charge is -2.13. The Hall–Kier alpha value is -0.160. The highest BCUT2D eigenvalue weighted by molar-refractivity contribution is 9.11. The number of benzene rings is 1. The summed E-state index contributed by atoms with van der Waals surface area (Å²) in [6, 6.07) is 10.2. The van der Waals surface area contributed by atoms with Crippen LogP contribution in [0.1, 0.15) is 22.0 Å². The number of aryl methyl sites for hydroxylation is 1. The number of hydrogen-bond acceptors (Lipinski definition) is 2. The van der Waals surface area contributed by atoms with Gasteiger partial charge in [0.1, 0.15) is 0 Å². The van der Waals surface area contributed by atoms with Crippen LogP contribution in [-0.2, 0) is 0 Å². The van der Waals surface area contributed by atoms with Crippen molar-refractivity contribution >= 4 is 43.2 Å². The lowest BCUT2D eigenvalue weighted by Crippen LogP contribution is -2.11. The van der Waals surface area contributed by atoms with Gasteiger partial charge in [0, 0.05) is 9.35 Å². The summed E-state index contributed by atoms with van der Waals surface area (Å²) in [5, 5.41) is 0. The van der Waals surface area contributed by atoms with Crippen molar-refractivity contribution in [3.8, 4) is 0 Å². The molecule has 0 saturated carbocycles. The first-order valence-electron chi connectivity index (χ1n) is 4.85. The molecule has 0 spiro atoms. The standard InChI is InChI=1S/C12H11Br2NS/c1-7-3-2-4-8(11(7)14)12(15)9-5-6-10(13)16-9/h2-6,12H,15H2,1H3. The van der Waals surface area contributed by atoms with E-state index < -0.39 is 0 Å². The van der Waals surface area contributed by atoms with E-state index in [2.05, 4.69) is 57.0 Å². The Labute approximate surface area is 116 Å². The van der Waals surface area contributed by atoms with E-state index in [0.717, 1.165) is 18.7 Å². The molecule has 0 aliphatic carbocycles. The highest BCUT2D eigenvalue weighted by atomic mass is 79.9. The average molecular weight is 361 g/mol. The molecule has 16 heavy (non-hydrogen) atoms. The minimum absolute atomic E-state index is 0.0643. The molecule has 4 heteroatoms. The van der Waals surface area contributed by atoms with Gasteiger partial charge in [0.2, 0.25) is 0 Å². The molecule has 0 fully saturated rings. The first kappa shape index (κ1) is 12.3. The molecule has 1 aromatic heterocycles. The SMILES string of the molecule is Cc1cccc(C(N)c2ccc(Br)s2)c1Br. The van der Waals surface area contributed by atoms with E-state index in [4.69, 9.17) is 5.73 Å². The van der Waals surface area contributed by atoms with Gasteiger partial charge in [-0.05, 0) is 46.1 Å². The van der Waals surface area contributed by atoms with Gasteiger partial charge in [-0.2, -0.15) is 0 Å². The smallest absolute Gasteiger partial charge is 0.0702 e. The fraction of sp³-hybridized carbons (Fsp3) is 0.167. The van der Waals surface area contributed by atoms with Crippen LogP contribution in [0.5, 0.6) is 0 Å². The number of thiophene rings is 1. The molecule has 0 radical (unpaired) electrons. The molecular formula is C12H11Br2NS. The van der Waals surface area contributed by atoms with Crippen molar-refractivity contribution < 1.29 is 0 Å². The van der Waals surface area contributed by atoms with Gasteiger partial charge in [-0.1, -0.05) is 34.1 Å². The Morgan fingerprint density at radius 2 is 1.94 bits per heavy atom. The molecule has 1 unspecified atom stereocenters. The van der Waals surface area contributed by atoms with Crippen molar-refractivity contribution in [1.82, 2.24) is 0 Å². The third-order valence-electron chi connectivity index (χ3n) is 2.46. The topological polar surface area (TPSA) is 26.0 Å². The van der Waals surface area contributed by atoms with Crippen LogP contribution >= 0.6 is 43.2 Å². The summed E-state index contributed by atoms with van der Waals surface area (Å²) in [6.07, 6.45) is 0. The molecule has 1 atom stereocenters. The maximum atomic E-state index is 6.26. The summed E-state index contributed by atoms with van der Waals surface area (Å²) in [5.41, 5.74) is 8.60. The van der Waals surface area contributed by atoms with E-state index in [0.29, 0.717) is 0 Å². The van der Waals surface area contributed by atoms with E-state index in [1.165, 1.54) is 5.56 Å². The van der Waals surface area contributed by atoms with Crippen LogP contribution in [0.25, 0.3) is 0 Å². The molecule has 84 valence electrons. The summed E-state index contributed by atoms with van der Waals surface area (Å²) >= 11 is 8.73. The number of rotatable bonds is 2. The highest BCUT2D eigenvalue weighted by Crippen LogP contribution is 2.33. The number of hydrogen-bond donors (Lipinski definition) is 1. The highest BCUT2D eigenvalue weighted by Gasteiger charge is 2.14. The second-order valence-electron chi connectivity index (χ2n) is 3.60. The summed E-state index contributed by atoms with van der Waals surface area (Å²) in [4.78, 5) is 1.16. The maximum Gasteiger partial charge on any atom is 0.0702 e. The van der Waals surface area contributed by atoms with E-state index in [1.807, 2.05) is 12.1 Å². The molecule has 0 aliphatic heterocycles. The molecule has 2 aromatic rings. The second kappa shape index (κ2) is 5.00. The molecule has 1 heterocycles. The molecule has 0 amide bonds. The monoisotopic (exact) mass is 359 g/mol. The predicted octanol–water partition coefficient (Wildman–Crippen LogP) is 4.63. The van der Waals surface area contributed by atoms with Crippen LogP contribution in [0.2, 0.25) is 0 Å². The van der Waals surface area contributed by atoms with E-state index >= 15 is 0 Å². The zero-order valence-corrected chi connectivity index (χ0v) is 12.7. The van der Waals surface area contributed by atoms with E-state index in [1.54, 1.807) is 11.3 Å². The number of nitrogens with two attached hydrogens (primary N) is 1. The molecule has 0 aliphatic rings. The van der Waals surface area contributed by atoms with Gasteiger partial charge < -0.3 is 5.73 Å². The summed E-state index contributed by atoms with van der Waals surface area (Å²) in [5.74, 6) is 0. The van der Waals surface area contributed by atoms with Crippen LogP contribution in [0, 0.1) is 6.92 Å².